The quantitative estimate of drug-likeness (QED) is 0.728. The Morgan fingerprint density at radius 2 is 1.69 bits per heavy atom. The zero-order chi connectivity index (χ0) is 18.5. The summed E-state index contributed by atoms with van der Waals surface area (Å²) in [5.74, 6) is -0.258. The van der Waals surface area contributed by atoms with E-state index in [1.54, 1.807) is 30.5 Å². The molecule has 0 radical (unpaired) electrons. The van der Waals surface area contributed by atoms with E-state index in [1.165, 1.54) is 0 Å². The highest BCUT2D eigenvalue weighted by Crippen LogP contribution is 2.21. The second kappa shape index (κ2) is 7.49. The lowest BCUT2D eigenvalue weighted by Crippen LogP contribution is -2.15. The van der Waals surface area contributed by atoms with E-state index in [0.717, 1.165) is 28.2 Å². The summed E-state index contributed by atoms with van der Waals surface area (Å²) in [6.07, 6.45) is 1.59. The monoisotopic (exact) mass is 342 g/mol. The van der Waals surface area contributed by atoms with Crippen molar-refractivity contribution in [3.63, 3.8) is 0 Å². The van der Waals surface area contributed by atoms with Crippen LogP contribution >= 0.6 is 0 Å². The second-order valence-electron chi connectivity index (χ2n) is 5.96. The maximum absolute atomic E-state index is 12.6. The number of benzene rings is 2. The van der Waals surface area contributed by atoms with E-state index >= 15 is 0 Å². The highest BCUT2D eigenvalue weighted by Gasteiger charge is 2.11. The molecule has 1 amide bonds. The number of nitrogens with one attached hydrogen (secondary N) is 2. The van der Waals surface area contributed by atoms with Gasteiger partial charge in [-0.1, -0.05) is 18.2 Å². The van der Waals surface area contributed by atoms with Crippen LogP contribution in [0.4, 0.5) is 17.1 Å². The van der Waals surface area contributed by atoms with Crippen LogP contribution in [0.5, 0.6) is 0 Å². The first-order chi connectivity index (χ1) is 12.6. The molecular weight excluding hydrogens is 324 g/mol. The highest BCUT2D eigenvalue weighted by molar-refractivity contribution is 6.04. The van der Waals surface area contributed by atoms with Crippen molar-refractivity contribution in [2.45, 2.75) is 13.8 Å². The van der Waals surface area contributed by atoms with E-state index in [-0.39, 0.29) is 5.91 Å². The maximum atomic E-state index is 12.6. The van der Waals surface area contributed by atoms with Crippen LogP contribution in [0.25, 0.3) is 0 Å². The summed E-state index contributed by atoms with van der Waals surface area (Å²) >= 11 is 0. The molecule has 5 heteroatoms. The summed E-state index contributed by atoms with van der Waals surface area (Å²) in [5, 5.41) is 15.0. The van der Waals surface area contributed by atoms with Gasteiger partial charge in [-0.05, 0) is 61.4 Å². The predicted molar refractivity (Wildman–Crippen MR) is 103 cm³/mol. The number of nitriles is 1. The Morgan fingerprint density at radius 1 is 1.00 bits per heavy atom. The third-order valence-corrected chi connectivity index (χ3v) is 4.01. The van der Waals surface area contributed by atoms with Gasteiger partial charge in [0.2, 0.25) is 0 Å². The number of hydrogen-bond donors (Lipinski definition) is 2. The molecule has 0 spiro atoms. The molecule has 3 rings (SSSR count). The number of anilines is 3. The lowest BCUT2D eigenvalue weighted by Gasteiger charge is -2.12. The van der Waals surface area contributed by atoms with Crippen LogP contribution in [0.1, 0.15) is 27.2 Å². The SMILES string of the molecule is Cc1cccc(C)c1NC(=O)c1cc(Nc2ccc(C#N)cc2)ccn1. The molecular formula is C21H18N4O. The molecule has 1 heterocycles. The first-order valence-electron chi connectivity index (χ1n) is 8.17. The van der Waals surface area contributed by atoms with E-state index in [2.05, 4.69) is 21.7 Å². The number of hydrogen-bond acceptors (Lipinski definition) is 4. The van der Waals surface area contributed by atoms with Crippen molar-refractivity contribution in [3.8, 4) is 6.07 Å². The van der Waals surface area contributed by atoms with E-state index in [0.29, 0.717) is 11.3 Å². The van der Waals surface area contributed by atoms with Gasteiger partial charge in [-0.3, -0.25) is 9.78 Å². The minimum atomic E-state index is -0.258. The molecule has 5 nitrogen and oxygen atoms in total. The van der Waals surface area contributed by atoms with Crippen LogP contribution in [0, 0.1) is 25.2 Å². The number of carbonyl (C=O) groups is 1. The zero-order valence-electron chi connectivity index (χ0n) is 14.6. The molecule has 0 bridgehead atoms. The molecule has 2 aromatic carbocycles. The standard InChI is InChI=1S/C21H18N4O/c1-14-4-3-5-15(2)20(14)25-21(26)19-12-18(10-11-23-19)24-17-8-6-16(13-22)7-9-17/h3-12H,1-2H3,(H,23,24)(H,25,26). The molecule has 0 unspecified atom stereocenters. The number of aromatic nitrogens is 1. The maximum Gasteiger partial charge on any atom is 0.274 e. The van der Waals surface area contributed by atoms with Crippen molar-refractivity contribution in [1.82, 2.24) is 4.98 Å². The zero-order valence-corrected chi connectivity index (χ0v) is 14.6. The molecule has 0 aliphatic carbocycles. The van der Waals surface area contributed by atoms with Gasteiger partial charge < -0.3 is 10.6 Å². The molecule has 0 saturated heterocycles. The summed E-state index contributed by atoms with van der Waals surface area (Å²) in [5.41, 5.74) is 5.32. The van der Waals surface area contributed by atoms with Gasteiger partial charge in [0.15, 0.2) is 0 Å². The minimum Gasteiger partial charge on any atom is -0.355 e. The number of nitrogens with zero attached hydrogens (tertiary/aromatic N) is 2. The van der Waals surface area contributed by atoms with E-state index in [9.17, 15) is 4.79 Å². The molecule has 2 N–H and O–H groups in total. The van der Waals surface area contributed by atoms with Gasteiger partial charge in [0, 0.05) is 23.3 Å². The van der Waals surface area contributed by atoms with Gasteiger partial charge in [-0.2, -0.15) is 5.26 Å². The fourth-order valence-corrected chi connectivity index (χ4v) is 2.62. The van der Waals surface area contributed by atoms with Gasteiger partial charge in [0.1, 0.15) is 5.69 Å². The Balaban J connectivity index is 1.78. The number of pyridine rings is 1. The lowest BCUT2D eigenvalue weighted by atomic mass is 10.1. The summed E-state index contributed by atoms with van der Waals surface area (Å²) in [7, 11) is 0. The summed E-state index contributed by atoms with van der Waals surface area (Å²) in [6, 6.07) is 18.5. The van der Waals surface area contributed by atoms with Crippen molar-refractivity contribution in [3.05, 3.63) is 83.2 Å². The van der Waals surface area contributed by atoms with Crippen LogP contribution in [0.15, 0.2) is 60.8 Å². The molecule has 0 saturated carbocycles. The normalized spacial score (nSPS) is 10.0. The lowest BCUT2D eigenvalue weighted by molar-refractivity contribution is 0.102. The number of para-hydroxylation sites is 1. The van der Waals surface area contributed by atoms with Gasteiger partial charge in [0.25, 0.3) is 5.91 Å². The second-order valence-corrected chi connectivity index (χ2v) is 5.96. The topological polar surface area (TPSA) is 77.8 Å². The Kier molecular flexibility index (Phi) is 4.95. The third-order valence-electron chi connectivity index (χ3n) is 4.01. The smallest absolute Gasteiger partial charge is 0.274 e. The van der Waals surface area contributed by atoms with Crippen molar-refractivity contribution >= 4 is 23.0 Å². The Hall–Kier alpha value is -3.65. The molecule has 0 aliphatic rings. The fraction of sp³-hybridized carbons (Fsp3) is 0.0952. The summed E-state index contributed by atoms with van der Waals surface area (Å²) in [6.45, 7) is 3.91. The summed E-state index contributed by atoms with van der Waals surface area (Å²) < 4.78 is 0. The predicted octanol–water partition coefficient (Wildman–Crippen LogP) is 4.57. The van der Waals surface area contributed by atoms with Gasteiger partial charge >= 0.3 is 0 Å². The molecule has 1 aromatic heterocycles. The molecule has 26 heavy (non-hydrogen) atoms. The largest absolute Gasteiger partial charge is 0.355 e. The Bertz CT molecular complexity index is 967. The van der Waals surface area contributed by atoms with Crippen LogP contribution < -0.4 is 10.6 Å². The number of amides is 1. The van der Waals surface area contributed by atoms with Crippen molar-refractivity contribution < 1.29 is 4.79 Å². The van der Waals surface area contributed by atoms with Crippen LogP contribution in [0.3, 0.4) is 0 Å². The molecule has 0 fully saturated rings. The Morgan fingerprint density at radius 3 is 2.35 bits per heavy atom. The third kappa shape index (κ3) is 3.87. The van der Waals surface area contributed by atoms with Crippen LogP contribution in [0.2, 0.25) is 0 Å². The van der Waals surface area contributed by atoms with Gasteiger partial charge in [-0.25, -0.2) is 0 Å². The Labute approximate surface area is 152 Å². The van der Waals surface area contributed by atoms with Crippen LogP contribution in [-0.2, 0) is 0 Å². The highest BCUT2D eigenvalue weighted by atomic mass is 16.1. The summed E-state index contributed by atoms with van der Waals surface area (Å²) in [4.78, 5) is 16.7. The van der Waals surface area contributed by atoms with Crippen molar-refractivity contribution in [2.75, 3.05) is 10.6 Å². The molecule has 0 aliphatic heterocycles. The van der Waals surface area contributed by atoms with E-state index in [1.807, 2.05) is 44.2 Å². The van der Waals surface area contributed by atoms with E-state index < -0.39 is 0 Å². The van der Waals surface area contributed by atoms with Crippen molar-refractivity contribution in [1.29, 1.82) is 5.26 Å². The first-order valence-corrected chi connectivity index (χ1v) is 8.17. The molecule has 3 aromatic rings. The molecule has 0 atom stereocenters. The average Bonchev–Trinajstić information content (AvgIpc) is 2.65. The van der Waals surface area contributed by atoms with Crippen molar-refractivity contribution in [2.24, 2.45) is 0 Å². The van der Waals surface area contributed by atoms with Gasteiger partial charge in [0.05, 0.1) is 11.6 Å². The number of rotatable bonds is 4. The fourth-order valence-electron chi connectivity index (χ4n) is 2.62. The first kappa shape index (κ1) is 17.2. The number of carbonyl (C=O) groups excluding carboxylic acids is 1. The minimum absolute atomic E-state index is 0.258. The van der Waals surface area contributed by atoms with E-state index in [4.69, 9.17) is 5.26 Å². The van der Waals surface area contributed by atoms with Crippen LogP contribution in [-0.4, -0.2) is 10.9 Å². The average molecular weight is 342 g/mol. The number of aryl methyl sites for hydroxylation is 2. The van der Waals surface area contributed by atoms with Gasteiger partial charge in [-0.15, -0.1) is 0 Å². The molecule has 128 valence electrons.